The molecule has 2 aromatic rings. The second-order valence-electron chi connectivity index (χ2n) is 4.26. The number of hydrogen-bond donors (Lipinski definition) is 1. The van der Waals surface area contributed by atoms with Crippen LogP contribution in [-0.2, 0) is 0 Å². The van der Waals surface area contributed by atoms with Gasteiger partial charge in [-0.25, -0.2) is 0 Å². The van der Waals surface area contributed by atoms with Gasteiger partial charge in [0, 0.05) is 25.4 Å². The van der Waals surface area contributed by atoms with E-state index in [1.54, 1.807) is 31.3 Å². The summed E-state index contributed by atoms with van der Waals surface area (Å²) >= 11 is 0. The van der Waals surface area contributed by atoms with Crippen LogP contribution in [0.4, 0.5) is 5.95 Å². The van der Waals surface area contributed by atoms with Crippen molar-refractivity contribution in [2.45, 2.75) is 6.92 Å². The van der Waals surface area contributed by atoms with Gasteiger partial charge < -0.3 is 14.5 Å². The number of benzene rings is 1. The van der Waals surface area contributed by atoms with Crippen LogP contribution < -0.4 is 4.90 Å². The Hall–Kier alpha value is -2.37. The molecular weight excluding hydrogens is 244 g/mol. The van der Waals surface area contributed by atoms with E-state index in [0.717, 1.165) is 5.71 Å². The minimum atomic E-state index is 0.166. The van der Waals surface area contributed by atoms with Gasteiger partial charge in [-0.05, 0) is 30.3 Å². The van der Waals surface area contributed by atoms with E-state index in [1.165, 1.54) is 0 Å². The number of anilines is 1. The van der Waals surface area contributed by atoms with E-state index in [-0.39, 0.29) is 5.75 Å². The first-order chi connectivity index (χ1) is 9.10. The first kappa shape index (κ1) is 13.1. The summed E-state index contributed by atoms with van der Waals surface area (Å²) in [6, 6.07) is 6.70. The zero-order valence-electron chi connectivity index (χ0n) is 11.2. The molecule has 0 radical (unpaired) electrons. The molecule has 0 saturated carbocycles. The monoisotopic (exact) mass is 260 g/mol. The van der Waals surface area contributed by atoms with Crippen molar-refractivity contribution >= 4 is 11.7 Å². The smallest absolute Gasteiger partial charge is 0.266 e. The summed E-state index contributed by atoms with van der Waals surface area (Å²) in [5.74, 6) is 1.03. The Labute approximate surface area is 111 Å². The standard InChI is InChI=1S/C13H16N4O2/c1-9(14-2)8-17(3)13-15-12(19-16-13)10-5-4-6-11(18)7-10/h4-7,18H,8H2,1-3H3. The van der Waals surface area contributed by atoms with Crippen LogP contribution >= 0.6 is 0 Å². The summed E-state index contributed by atoms with van der Waals surface area (Å²) in [6.07, 6.45) is 0. The van der Waals surface area contributed by atoms with Crippen molar-refractivity contribution in [2.24, 2.45) is 4.99 Å². The van der Waals surface area contributed by atoms with Gasteiger partial charge in [0.05, 0.1) is 6.54 Å². The zero-order valence-corrected chi connectivity index (χ0v) is 11.2. The van der Waals surface area contributed by atoms with Crippen LogP contribution in [0.1, 0.15) is 6.92 Å². The molecule has 0 spiro atoms. The maximum Gasteiger partial charge on any atom is 0.266 e. The van der Waals surface area contributed by atoms with E-state index in [9.17, 15) is 5.11 Å². The lowest BCUT2D eigenvalue weighted by molar-refractivity contribution is 0.429. The molecule has 0 amide bonds. The molecule has 0 unspecified atom stereocenters. The van der Waals surface area contributed by atoms with E-state index in [2.05, 4.69) is 15.1 Å². The van der Waals surface area contributed by atoms with Crippen LogP contribution in [0.25, 0.3) is 11.5 Å². The van der Waals surface area contributed by atoms with E-state index < -0.39 is 0 Å². The Kier molecular flexibility index (Phi) is 3.79. The van der Waals surface area contributed by atoms with Crippen LogP contribution in [-0.4, -0.2) is 41.6 Å². The third-order valence-electron chi connectivity index (χ3n) is 2.70. The average molecular weight is 260 g/mol. The van der Waals surface area contributed by atoms with E-state index in [0.29, 0.717) is 23.9 Å². The average Bonchev–Trinajstić information content (AvgIpc) is 2.88. The molecule has 0 saturated heterocycles. The van der Waals surface area contributed by atoms with Crippen molar-refractivity contribution in [3.63, 3.8) is 0 Å². The highest BCUT2D eigenvalue weighted by Gasteiger charge is 2.13. The van der Waals surface area contributed by atoms with E-state index in [1.807, 2.05) is 18.9 Å². The van der Waals surface area contributed by atoms with Crippen molar-refractivity contribution in [2.75, 3.05) is 25.5 Å². The molecule has 1 aromatic carbocycles. The topological polar surface area (TPSA) is 74.8 Å². The Bertz CT molecular complexity index is 592. The first-order valence-corrected chi connectivity index (χ1v) is 5.86. The molecule has 1 N–H and O–H groups in total. The van der Waals surface area contributed by atoms with E-state index in [4.69, 9.17) is 4.52 Å². The molecule has 0 atom stereocenters. The van der Waals surface area contributed by atoms with Crippen LogP contribution in [0.15, 0.2) is 33.8 Å². The number of phenols is 1. The lowest BCUT2D eigenvalue weighted by atomic mass is 10.2. The summed E-state index contributed by atoms with van der Waals surface area (Å²) in [5, 5.41) is 13.3. The fourth-order valence-electron chi connectivity index (χ4n) is 1.61. The summed E-state index contributed by atoms with van der Waals surface area (Å²) < 4.78 is 5.19. The highest BCUT2D eigenvalue weighted by atomic mass is 16.5. The van der Waals surface area contributed by atoms with Gasteiger partial charge in [0.15, 0.2) is 0 Å². The van der Waals surface area contributed by atoms with Crippen molar-refractivity contribution in [1.29, 1.82) is 0 Å². The first-order valence-electron chi connectivity index (χ1n) is 5.86. The SMILES string of the molecule is CN=C(C)CN(C)c1noc(-c2cccc(O)c2)n1. The van der Waals surface area contributed by atoms with Crippen molar-refractivity contribution < 1.29 is 9.63 Å². The second kappa shape index (κ2) is 5.51. The molecular formula is C13H16N4O2. The second-order valence-corrected chi connectivity index (χ2v) is 4.26. The third-order valence-corrected chi connectivity index (χ3v) is 2.70. The van der Waals surface area contributed by atoms with Crippen molar-refractivity contribution in [3.8, 4) is 17.2 Å². The quantitative estimate of drug-likeness (QED) is 0.851. The van der Waals surface area contributed by atoms with Gasteiger partial charge >= 0.3 is 0 Å². The molecule has 0 aliphatic heterocycles. The third kappa shape index (κ3) is 3.09. The molecule has 1 heterocycles. The lowest BCUT2D eigenvalue weighted by Gasteiger charge is -2.12. The predicted molar refractivity (Wildman–Crippen MR) is 73.7 cm³/mol. The molecule has 0 fully saturated rings. The number of aromatic hydroxyl groups is 1. The van der Waals surface area contributed by atoms with E-state index >= 15 is 0 Å². The van der Waals surface area contributed by atoms with Crippen LogP contribution in [0.2, 0.25) is 0 Å². The van der Waals surface area contributed by atoms with Crippen molar-refractivity contribution in [1.82, 2.24) is 10.1 Å². The molecule has 6 nitrogen and oxygen atoms in total. The van der Waals surface area contributed by atoms with Gasteiger partial charge in [-0.15, -0.1) is 0 Å². The largest absolute Gasteiger partial charge is 0.508 e. The molecule has 1 aromatic heterocycles. The number of aromatic nitrogens is 2. The van der Waals surface area contributed by atoms with Gasteiger partial charge in [-0.2, -0.15) is 4.98 Å². The van der Waals surface area contributed by atoms with Gasteiger partial charge in [0.2, 0.25) is 0 Å². The highest BCUT2D eigenvalue weighted by Crippen LogP contribution is 2.23. The summed E-state index contributed by atoms with van der Waals surface area (Å²) in [5.41, 5.74) is 1.67. The van der Waals surface area contributed by atoms with Crippen LogP contribution in [0.3, 0.4) is 0 Å². The molecule has 100 valence electrons. The molecule has 2 rings (SSSR count). The molecule has 19 heavy (non-hydrogen) atoms. The summed E-state index contributed by atoms with van der Waals surface area (Å²) in [4.78, 5) is 10.2. The maximum atomic E-state index is 9.43. The number of hydrogen-bond acceptors (Lipinski definition) is 6. The molecule has 0 aliphatic rings. The van der Waals surface area contributed by atoms with Gasteiger partial charge in [-0.1, -0.05) is 6.07 Å². The number of aliphatic imine (C=N–C) groups is 1. The zero-order chi connectivity index (χ0) is 13.8. The normalized spacial score (nSPS) is 11.6. The minimum absolute atomic E-state index is 0.166. The Morgan fingerprint density at radius 2 is 2.26 bits per heavy atom. The molecule has 0 aliphatic carbocycles. The molecule has 0 bridgehead atoms. The number of phenolic OH excluding ortho intramolecular Hbond substituents is 1. The van der Waals surface area contributed by atoms with Crippen LogP contribution in [0, 0.1) is 0 Å². The minimum Gasteiger partial charge on any atom is -0.508 e. The summed E-state index contributed by atoms with van der Waals surface area (Å²) in [6.45, 7) is 2.57. The molecule has 6 heteroatoms. The lowest BCUT2D eigenvalue weighted by Crippen LogP contribution is -2.24. The fourth-order valence-corrected chi connectivity index (χ4v) is 1.61. The van der Waals surface area contributed by atoms with Gasteiger partial charge in [0.1, 0.15) is 5.75 Å². The fraction of sp³-hybridized carbons (Fsp3) is 0.308. The summed E-state index contributed by atoms with van der Waals surface area (Å²) in [7, 11) is 3.61. The number of nitrogens with zero attached hydrogens (tertiary/aromatic N) is 4. The van der Waals surface area contributed by atoms with Gasteiger partial charge in [0.25, 0.3) is 11.8 Å². The Balaban J connectivity index is 2.19. The maximum absolute atomic E-state index is 9.43. The Morgan fingerprint density at radius 3 is 2.95 bits per heavy atom. The van der Waals surface area contributed by atoms with Crippen molar-refractivity contribution in [3.05, 3.63) is 24.3 Å². The highest BCUT2D eigenvalue weighted by molar-refractivity contribution is 5.85. The predicted octanol–water partition coefficient (Wildman–Crippen LogP) is 1.97. The van der Waals surface area contributed by atoms with Gasteiger partial charge in [-0.3, -0.25) is 4.99 Å². The Morgan fingerprint density at radius 1 is 1.47 bits per heavy atom. The number of rotatable bonds is 4. The van der Waals surface area contributed by atoms with Crippen LogP contribution in [0.5, 0.6) is 5.75 Å².